The Kier molecular flexibility index (Phi) is 4.14. The molecule has 1 aromatic rings. The van der Waals surface area contributed by atoms with E-state index in [9.17, 15) is 15.2 Å². The summed E-state index contributed by atoms with van der Waals surface area (Å²) in [6.07, 6.45) is 0.632. The average molecular weight is 266 g/mol. The molecule has 0 unspecified atom stereocenters. The number of nitrogens with one attached hydrogen (secondary N) is 1. The second kappa shape index (κ2) is 5.64. The minimum atomic E-state index is -0.797. The van der Waals surface area contributed by atoms with Crippen LogP contribution in [0.25, 0.3) is 0 Å². The fourth-order valence-electron chi connectivity index (χ4n) is 2.08. The fourth-order valence-corrected chi connectivity index (χ4v) is 2.08. The number of non-ortho nitro benzene ring substituents is 1. The van der Waals surface area contributed by atoms with Gasteiger partial charge in [-0.25, -0.2) is 0 Å². The van der Waals surface area contributed by atoms with Crippen LogP contribution in [0.4, 0.5) is 5.69 Å². The number of nitrogens with zero attached hydrogens (tertiary/aromatic N) is 1. The van der Waals surface area contributed by atoms with Gasteiger partial charge in [-0.1, -0.05) is 12.1 Å². The van der Waals surface area contributed by atoms with Gasteiger partial charge in [0.15, 0.2) is 0 Å². The fraction of sp³-hybridized carbons (Fsp3) is 0.538. The molecule has 104 valence electrons. The van der Waals surface area contributed by atoms with Crippen molar-refractivity contribution < 1.29 is 14.8 Å². The second-order valence-electron chi connectivity index (χ2n) is 4.98. The molecule has 0 bridgehead atoms. The molecule has 0 radical (unpaired) electrons. The largest absolute Gasteiger partial charge is 0.386 e. The molecule has 2 rings (SSSR count). The van der Waals surface area contributed by atoms with Crippen molar-refractivity contribution in [3.8, 4) is 0 Å². The molecule has 1 saturated heterocycles. The molecule has 1 aromatic carbocycles. The van der Waals surface area contributed by atoms with Crippen LogP contribution in [-0.2, 0) is 4.74 Å². The maximum atomic E-state index is 10.6. The molecule has 6 nitrogen and oxygen atoms in total. The van der Waals surface area contributed by atoms with Gasteiger partial charge in [-0.2, -0.15) is 0 Å². The van der Waals surface area contributed by atoms with Gasteiger partial charge < -0.3 is 15.2 Å². The van der Waals surface area contributed by atoms with Gasteiger partial charge in [0.25, 0.3) is 5.69 Å². The van der Waals surface area contributed by atoms with Crippen molar-refractivity contribution in [2.45, 2.75) is 25.0 Å². The maximum absolute atomic E-state index is 10.6. The molecular formula is C13H18N2O4. The minimum Gasteiger partial charge on any atom is -0.386 e. The number of ether oxygens (including phenoxy) is 1. The lowest BCUT2D eigenvalue weighted by Gasteiger charge is -2.24. The Morgan fingerprint density at radius 2 is 2.21 bits per heavy atom. The van der Waals surface area contributed by atoms with Crippen molar-refractivity contribution in [2.24, 2.45) is 0 Å². The molecule has 0 aromatic heterocycles. The Hall–Kier alpha value is -1.50. The Morgan fingerprint density at radius 3 is 2.74 bits per heavy atom. The van der Waals surface area contributed by atoms with E-state index in [-0.39, 0.29) is 11.7 Å². The molecule has 0 spiro atoms. The van der Waals surface area contributed by atoms with Crippen LogP contribution in [-0.4, -0.2) is 35.4 Å². The van der Waals surface area contributed by atoms with Gasteiger partial charge in [-0.05, 0) is 12.5 Å². The Labute approximate surface area is 111 Å². The molecule has 1 heterocycles. The zero-order chi connectivity index (χ0) is 13.9. The summed E-state index contributed by atoms with van der Waals surface area (Å²) in [6.45, 7) is 3.35. The quantitative estimate of drug-likeness (QED) is 0.621. The number of nitro groups is 1. The normalized spacial score (nSPS) is 24.3. The summed E-state index contributed by atoms with van der Waals surface area (Å²) in [5.41, 5.74) is 0.238. The van der Waals surface area contributed by atoms with Gasteiger partial charge in [-0.3, -0.25) is 10.1 Å². The predicted molar refractivity (Wildman–Crippen MR) is 69.9 cm³/mol. The lowest BCUT2D eigenvalue weighted by molar-refractivity contribution is -0.384. The number of hydrogen-bond acceptors (Lipinski definition) is 5. The van der Waals surface area contributed by atoms with Gasteiger partial charge in [-0.15, -0.1) is 0 Å². The number of nitro benzene ring substituents is 1. The monoisotopic (exact) mass is 266 g/mol. The van der Waals surface area contributed by atoms with E-state index in [1.165, 1.54) is 12.1 Å². The van der Waals surface area contributed by atoms with Crippen molar-refractivity contribution in [2.75, 3.05) is 19.8 Å². The van der Waals surface area contributed by atoms with E-state index >= 15 is 0 Å². The van der Waals surface area contributed by atoms with Crippen molar-refractivity contribution >= 4 is 5.69 Å². The summed E-state index contributed by atoms with van der Waals surface area (Å²) in [5, 5.41) is 23.9. The average Bonchev–Trinajstić information content (AvgIpc) is 2.83. The van der Waals surface area contributed by atoms with E-state index in [0.717, 1.165) is 5.56 Å². The van der Waals surface area contributed by atoms with Crippen LogP contribution in [0, 0.1) is 10.1 Å². The van der Waals surface area contributed by atoms with Crippen LogP contribution in [0.2, 0.25) is 0 Å². The summed E-state index contributed by atoms with van der Waals surface area (Å²) in [7, 11) is 0. The highest BCUT2D eigenvalue weighted by atomic mass is 16.6. The number of aliphatic hydroxyl groups is 1. The van der Waals surface area contributed by atoms with Crippen LogP contribution in [0.5, 0.6) is 0 Å². The van der Waals surface area contributed by atoms with Crippen LogP contribution < -0.4 is 5.32 Å². The van der Waals surface area contributed by atoms with Crippen LogP contribution in [0.1, 0.15) is 24.9 Å². The minimum absolute atomic E-state index is 0.0189. The van der Waals surface area contributed by atoms with Crippen LogP contribution in [0.3, 0.4) is 0 Å². The van der Waals surface area contributed by atoms with Crippen molar-refractivity contribution in [1.82, 2.24) is 5.32 Å². The van der Waals surface area contributed by atoms with Gasteiger partial charge >= 0.3 is 0 Å². The number of hydrogen-bond donors (Lipinski definition) is 2. The third kappa shape index (κ3) is 3.50. The van der Waals surface area contributed by atoms with Crippen molar-refractivity contribution in [3.63, 3.8) is 0 Å². The molecular weight excluding hydrogens is 248 g/mol. The first kappa shape index (κ1) is 13.9. The molecule has 0 amide bonds. The zero-order valence-electron chi connectivity index (χ0n) is 10.8. The molecule has 0 aliphatic carbocycles. The molecule has 1 fully saturated rings. The zero-order valence-corrected chi connectivity index (χ0v) is 10.8. The maximum Gasteiger partial charge on any atom is 0.269 e. The van der Waals surface area contributed by atoms with E-state index in [1.54, 1.807) is 12.1 Å². The van der Waals surface area contributed by atoms with Gasteiger partial charge in [0.1, 0.15) is 5.60 Å². The summed E-state index contributed by atoms with van der Waals surface area (Å²) < 4.78 is 5.18. The van der Waals surface area contributed by atoms with E-state index in [1.807, 2.05) is 6.92 Å². The topological polar surface area (TPSA) is 84.6 Å². The SMILES string of the molecule is C[C@H](NC[C@@]1(O)CCOC1)c1ccc([N+](=O)[O-])cc1. The van der Waals surface area contributed by atoms with Crippen LogP contribution >= 0.6 is 0 Å². The Morgan fingerprint density at radius 1 is 1.53 bits per heavy atom. The van der Waals surface area contributed by atoms with Gasteiger partial charge in [0.05, 0.1) is 11.5 Å². The van der Waals surface area contributed by atoms with Crippen molar-refractivity contribution in [1.29, 1.82) is 0 Å². The summed E-state index contributed by atoms with van der Waals surface area (Å²) >= 11 is 0. The highest BCUT2D eigenvalue weighted by Crippen LogP contribution is 2.21. The third-order valence-corrected chi connectivity index (χ3v) is 3.42. The highest BCUT2D eigenvalue weighted by Gasteiger charge is 2.32. The summed E-state index contributed by atoms with van der Waals surface area (Å²) in [5.74, 6) is 0. The number of rotatable bonds is 5. The molecule has 19 heavy (non-hydrogen) atoms. The van der Waals surface area contributed by atoms with E-state index in [2.05, 4.69) is 5.32 Å². The molecule has 1 aliphatic rings. The number of benzene rings is 1. The Balaban J connectivity index is 1.92. The van der Waals surface area contributed by atoms with E-state index in [0.29, 0.717) is 26.2 Å². The van der Waals surface area contributed by atoms with Crippen molar-refractivity contribution in [3.05, 3.63) is 39.9 Å². The molecule has 2 atom stereocenters. The van der Waals surface area contributed by atoms with Gasteiger partial charge in [0, 0.05) is 37.7 Å². The smallest absolute Gasteiger partial charge is 0.269 e. The predicted octanol–water partition coefficient (Wildman–Crippen LogP) is 1.40. The second-order valence-corrected chi connectivity index (χ2v) is 4.98. The first-order valence-electron chi connectivity index (χ1n) is 6.28. The molecule has 2 N–H and O–H groups in total. The first-order valence-corrected chi connectivity index (χ1v) is 6.28. The first-order chi connectivity index (χ1) is 9.00. The molecule has 1 aliphatic heterocycles. The Bertz CT molecular complexity index is 440. The summed E-state index contributed by atoms with van der Waals surface area (Å²) in [6, 6.07) is 6.45. The van der Waals surface area contributed by atoms with Gasteiger partial charge in [0.2, 0.25) is 0 Å². The van der Waals surface area contributed by atoms with Crippen LogP contribution in [0.15, 0.2) is 24.3 Å². The standard InChI is InChI=1S/C13H18N2O4/c1-10(14-8-13(16)6-7-19-9-13)11-2-4-12(5-3-11)15(17)18/h2-5,10,14,16H,6-9H2,1H3/t10-,13-/m0/s1. The highest BCUT2D eigenvalue weighted by molar-refractivity contribution is 5.34. The third-order valence-electron chi connectivity index (χ3n) is 3.42. The van der Waals surface area contributed by atoms with E-state index < -0.39 is 10.5 Å². The molecule has 6 heteroatoms. The lowest BCUT2D eigenvalue weighted by Crippen LogP contribution is -2.41. The lowest BCUT2D eigenvalue weighted by atomic mass is 10.0. The van der Waals surface area contributed by atoms with E-state index in [4.69, 9.17) is 4.74 Å². The molecule has 0 saturated carbocycles. The summed E-state index contributed by atoms with van der Waals surface area (Å²) in [4.78, 5) is 10.2.